The van der Waals surface area contributed by atoms with Crippen LogP contribution in [0.25, 0.3) is 0 Å². The molecule has 0 atom stereocenters. The Morgan fingerprint density at radius 2 is 1.53 bits per heavy atom. The van der Waals surface area contributed by atoms with E-state index in [0.29, 0.717) is 5.56 Å². The number of halogens is 2. The van der Waals surface area contributed by atoms with Crippen LogP contribution in [-0.4, -0.2) is 23.4 Å². The SMILES string of the molecule is CC(CO)(CO)Cc1cc(F)cc(F)c1. The van der Waals surface area contributed by atoms with E-state index in [9.17, 15) is 8.78 Å². The van der Waals surface area contributed by atoms with Gasteiger partial charge in [-0.15, -0.1) is 0 Å². The normalized spacial score (nSPS) is 11.8. The highest BCUT2D eigenvalue weighted by Crippen LogP contribution is 2.22. The van der Waals surface area contributed by atoms with E-state index >= 15 is 0 Å². The van der Waals surface area contributed by atoms with Crippen molar-refractivity contribution in [3.63, 3.8) is 0 Å². The topological polar surface area (TPSA) is 40.5 Å². The van der Waals surface area contributed by atoms with Crippen molar-refractivity contribution in [2.45, 2.75) is 13.3 Å². The lowest BCUT2D eigenvalue weighted by Gasteiger charge is -2.24. The third-order valence-corrected chi connectivity index (χ3v) is 2.32. The number of aliphatic hydroxyl groups excluding tert-OH is 2. The van der Waals surface area contributed by atoms with Crippen molar-refractivity contribution in [2.75, 3.05) is 13.2 Å². The molecule has 0 spiro atoms. The van der Waals surface area contributed by atoms with Crippen LogP contribution in [0.3, 0.4) is 0 Å². The lowest BCUT2D eigenvalue weighted by molar-refractivity contribution is 0.0702. The van der Waals surface area contributed by atoms with Gasteiger partial charge >= 0.3 is 0 Å². The van der Waals surface area contributed by atoms with Crippen LogP contribution in [0, 0.1) is 17.0 Å². The van der Waals surface area contributed by atoms with Crippen molar-refractivity contribution >= 4 is 0 Å². The Balaban J connectivity index is 2.88. The minimum atomic E-state index is -0.750. The number of hydrogen-bond donors (Lipinski definition) is 2. The quantitative estimate of drug-likeness (QED) is 0.800. The van der Waals surface area contributed by atoms with E-state index in [2.05, 4.69) is 0 Å². The van der Waals surface area contributed by atoms with E-state index in [1.54, 1.807) is 6.92 Å². The van der Waals surface area contributed by atoms with E-state index < -0.39 is 17.0 Å². The average molecular weight is 216 g/mol. The molecule has 0 amide bonds. The molecule has 0 saturated carbocycles. The van der Waals surface area contributed by atoms with Crippen LogP contribution in [0.1, 0.15) is 12.5 Å². The Labute approximate surface area is 87.2 Å². The molecule has 0 radical (unpaired) electrons. The zero-order valence-corrected chi connectivity index (χ0v) is 8.50. The molecule has 0 aliphatic carbocycles. The zero-order valence-electron chi connectivity index (χ0n) is 8.50. The Morgan fingerprint density at radius 1 is 1.07 bits per heavy atom. The van der Waals surface area contributed by atoms with Gasteiger partial charge in [-0.3, -0.25) is 0 Å². The summed E-state index contributed by atoms with van der Waals surface area (Å²) >= 11 is 0. The van der Waals surface area contributed by atoms with Crippen molar-refractivity contribution in [2.24, 2.45) is 5.41 Å². The minimum absolute atomic E-state index is 0.231. The summed E-state index contributed by atoms with van der Waals surface area (Å²) in [5, 5.41) is 18.1. The molecular formula is C11H14F2O2. The van der Waals surface area contributed by atoms with E-state index in [1.807, 2.05) is 0 Å². The smallest absolute Gasteiger partial charge is 0.126 e. The van der Waals surface area contributed by atoms with Gasteiger partial charge in [0.1, 0.15) is 11.6 Å². The Morgan fingerprint density at radius 3 is 1.93 bits per heavy atom. The standard InChI is InChI=1S/C11H14F2O2/c1-11(6-14,7-15)5-8-2-9(12)4-10(13)3-8/h2-4,14-15H,5-7H2,1H3. The van der Waals surface area contributed by atoms with E-state index in [-0.39, 0.29) is 19.6 Å². The van der Waals surface area contributed by atoms with Gasteiger partial charge in [0.15, 0.2) is 0 Å². The first kappa shape index (κ1) is 12.1. The number of rotatable bonds is 4. The molecule has 0 aromatic heterocycles. The molecule has 4 heteroatoms. The van der Waals surface area contributed by atoms with Gasteiger partial charge in [0, 0.05) is 11.5 Å². The highest BCUT2D eigenvalue weighted by Gasteiger charge is 2.23. The van der Waals surface area contributed by atoms with Crippen molar-refractivity contribution in [1.82, 2.24) is 0 Å². The van der Waals surface area contributed by atoms with Crippen molar-refractivity contribution in [3.05, 3.63) is 35.4 Å². The molecule has 0 aliphatic rings. The van der Waals surface area contributed by atoms with Gasteiger partial charge in [0.05, 0.1) is 13.2 Å². The maximum Gasteiger partial charge on any atom is 0.126 e. The van der Waals surface area contributed by atoms with Crippen LogP contribution in [0.4, 0.5) is 8.78 Å². The summed E-state index contributed by atoms with van der Waals surface area (Å²) in [6.07, 6.45) is 0.231. The molecule has 0 fully saturated rings. The average Bonchev–Trinajstić information content (AvgIpc) is 2.16. The second-order valence-corrected chi connectivity index (χ2v) is 4.08. The molecule has 1 aromatic rings. The van der Waals surface area contributed by atoms with Gasteiger partial charge in [-0.25, -0.2) is 8.78 Å². The Kier molecular flexibility index (Phi) is 3.77. The minimum Gasteiger partial charge on any atom is -0.396 e. The molecule has 1 rings (SSSR count). The maximum absolute atomic E-state index is 12.8. The largest absolute Gasteiger partial charge is 0.396 e. The summed E-state index contributed by atoms with van der Waals surface area (Å²) in [7, 11) is 0. The third-order valence-electron chi connectivity index (χ3n) is 2.32. The predicted octanol–water partition coefficient (Wildman–Crippen LogP) is 1.50. The highest BCUT2D eigenvalue weighted by atomic mass is 19.1. The summed E-state index contributed by atoms with van der Waals surface area (Å²) < 4.78 is 25.7. The lowest BCUT2D eigenvalue weighted by atomic mass is 9.85. The molecular weight excluding hydrogens is 202 g/mol. The molecule has 0 heterocycles. The van der Waals surface area contributed by atoms with Gasteiger partial charge in [-0.05, 0) is 24.1 Å². The second kappa shape index (κ2) is 4.68. The van der Waals surface area contributed by atoms with Crippen molar-refractivity contribution in [3.8, 4) is 0 Å². The summed E-state index contributed by atoms with van der Waals surface area (Å²) in [4.78, 5) is 0. The fourth-order valence-electron chi connectivity index (χ4n) is 1.37. The first-order valence-corrected chi connectivity index (χ1v) is 4.66. The van der Waals surface area contributed by atoms with Crippen LogP contribution in [0.2, 0.25) is 0 Å². The number of hydrogen-bond acceptors (Lipinski definition) is 2. The molecule has 2 nitrogen and oxygen atoms in total. The van der Waals surface area contributed by atoms with Gasteiger partial charge in [-0.1, -0.05) is 6.92 Å². The van der Waals surface area contributed by atoms with Gasteiger partial charge < -0.3 is 10.2 Å². The summed E-state index contributed by atoms with van der Waals surface area (Å²) in [5.74, 6) is -1.30. The Bertz CT molecular complexity index is 315. The van der Waals surface area contributed by atoms with Crippen molar-refractivity contribution < 1.29 is 19.0 Å². The predicted molar refractivity (Wildman–Crippen MR) is 52.3 cm³/mol. The Hall–Kier alpha value is -1.00. The van der Waals surface area contributed by atoms with Crippen LogP contribution in [0.5, 0.6) is 0 Å². The summed E-state index contributed by atoms with van der Waals surface area (Å²) in [6.45, 7) is 1.18. The summed E-state index contributed by atoms with van der Waals surface area (Å²) in [5.41, 5.74) is -0.321. The van der Waals surface area contributed by atoms with Crippen LogP contribution < -0.4 is 0 Å². The zero-order chi connectivity index (χ0) is 11.5. The fraction of sp³-hybridized carbons (Fsp3) is 0.455. The molecule has 0 unspecified atom stereocenters. The molecule has 2 N–H and O–H groups in total. The van der Waals surface area contributed by atoms with Crippen LogP contribution in [0.15, 0.2) is 18.2 Å². The first-order valence-electron chi connectivity index (χ1n) is 4.66. The highest BCUT2D eigenvalue weighted by molar-refractivity contribution is 5.19. The lowest BCUT2D eigenvalue weighted by Crippen LogP contribution is -2.28. The molecule has 15 heavy (non-hydrogen) atoms. The van der Waals surface area contributed by atoms with Crippen LogP contribution >= 0.6 is 0 Å². The second-order valence-electron chi connectivity index (χ2n) is 4.08. The van der Waals surface area contributed by atoms with E-state index in [1.165, 1.54) is 12.1 Å². The summed E-state index contributed by atoms with van der Waals surface area (Å²) in [6, 6.07) is 3.19. The maximum atomic E-state index is 12.8. The molecule has 1 aromatic carbocycles. The molecule has 0 saturated heterocycles. The molecule has 0 aliphatic heterocycles. The van der Waals surface area contributed by atoms with E-state index in [0.717, 1.165) is 6.07 Å². The number of benzene rings is 1. The third kappa shape index (κ3) is 3.25. The molecule has 84 valence electrons. The van der Waals surface area contributed by atoms with Gasteiger partial charge in [-0.2, -0.15) is 0 Å². The van der Waals surface area contributed by atoms with Crippen molar-refractivity contribution in [1.29, 1.82) is 0 Å². The van der Waals surface area contributed by atoms with E-state index in [4.69, 9.17) is 10.2 Å². The number of aliphatic hydroxyl groups is 2. The van der Waals surface area contributed by atoms with Gasteiger partial charge in [0.2, 0.25) is 0 Å². The fourth-order valence-corrected chi connectivity index (χ4v) is 1.37. The first-order chi connectivity index (χ1) is 6.99. The molecule has 0 bridgehead atoms. The monoisotopic (exact) mass is 216 g/mol. The van der Waals surface area contributed by atoms with Crippen LogP contribution in [-0.2, 0) is 6.42 Å². The van der Waals surface area contributed by atoms with Gasteiger partial charge in [0.25, 0.3) is 0 Å².